The van der Waals surface area contributed by atoms with Crippen molar-refractivity contribution < 1.29 is 23.0 Å². The summed E-state index contributed by atoms with van der Waals surface area (Å²) in [6.07, 6.45) is -0.191. The van der Waals surface area contributed by atoms with Gasteiger partial charge in [-0.1, -0.05) is 0 Å². The number of rotatable bonds is 5. The monoisotopic (exact) mass is 437 g/mol. The minimum Gasteiger partial charge on any atom is -0.370 e. The Hall–Kier alpha value is -1.94. The first-order valence-corrected chi connectivity index (χ1v) is 10.8. The van der Waals surface area contributed by atoms with Crippen molar-refractivity contribution in [2.45, 2.75) is 45.1 Å². The average molecular weight is 438 g/mol. The number of thiazole rings is 1. The number of amides is 1. The molecule has 1 aromatic heterocycles. The van der Waals surface area contributed by atoms with E-state index in [0.29, 0.717) is 31.7 Å². The molecule has 0 saturated carbocycles. The number of hydrogen-bond donors (Lipinski definition) is 1. The molecule has 0 unspecified atom stereocenters. The molecule has 1 aromatic carbocycles. The summed E-state index contributed by atoms with van der Waals surface area (Å²) in [6.45, 7) is 7.31. The van der Waals surface area contributed by atoms with Gasteiger partial charge in [0.2, 0.25) is 5.91 Å². The molecule has 2 aliphatic rings. The first-order valence-electron chi connectivity index (χ1n) is 9.95. The summed E-state index contributed by atoms with van der Waals surface area (Å²) in [5.74, 6) is -1.64. The van der Waals surface area contributed by atoms with Gasteiger partial charge in [0.15, 0.2) is 0 Å². The molecule has 2 aliphatic heterocycles. The SMILES string of the molecule is Cc1nc(C)c(CN2CCO[C@@]3(CO[C@@H](C(=O)NCc4cc(F)cc(F)c4)C3)C2)s1. The molecular formula is C21H25F2N3O3S. The Bertz CT molecular complexity index is 918. The van der Waals surface area contributed by atoms with Gasteiger partial charge in [-0.15, -0.1) is 11.3 Å². The molecule has 1 spiro atoms. The van der Waals surface area contributed by atoms with Crippen LogP contribution in [0.2, 0.25) is 0 Å². The predicted molar refractivity (Wildman–Crippen MR) is 108 cm³/mol. The number of nitrogens with zero attached hydrogens (tertiary/aromatic N) is 2. The zero-order valence-electron chi connectivity index (χ0n) is 17.0. The molecule has 0 aliphatic carbocycles. The van der Waals surface area contributed by atoms with E-state index < -0.39 is 23.3 Å². The maximum absolute atomic E-state index is 13.3. The number of halogens is 2. The van der Waals surface area contributed by atoms with Gasteiger partial charge in [-0.25, -0.2) is 13.8 Å². The highest BCUT2D eigenvalue weighted by atomic mass is 32.1. The molecule has 1 N–H and O–H groups in total. The van der Waals surface area contributed by atoms with Crippen LogP contribution in [0.3, 0.4) is 0 Å². The molecule has 6 nitrogen and oxygen atoms in total. The van der Waals surface area contributed by atoms with Crippen molar-refractivity contribution >= 4 is 17.2 Å². The summed E-state index contributed by atoms with van der Waals surface area (Å²) in [4.78, 5) is 20.6. The molecule has 1 amide bonds. The van der Waals surface area contributed by atoms with Gasteiger partial charge in [0.25, 0.3) is 0 Å². The summed E-state index contributed by atoms with van der Waals surface area (Å²) in [6, 6.07) is 3.20. The molecule has 2 atom stereocenters. The third kappa shape index (κ3) is 4.85. The second-order valence-electron chi connectivity index (χ2n) is 7.98. The largest absolute Gasteiger partial charge is 0.370 e. The highest BCUT2D eigenvalue weighted by Crippen LogP contribution is 2.33. The van der Waals surface area contributed by atoms with E-state index in [-0.39, 0.29) is 12.5 Å². The molecule has 2 saturated heterocycles. The average Bonchev–Trinajstić information content (AvgIpc) is 3.22. The smallest absolute Gasteiger partial charge is 0.249 e. The topological polar surface area (TPSA) is 63.7 Å². The van der Waals surface area contributed by atoms with Crippen LogP contribution in [-0.2, 0) is 27.4 Å². The molecule has 30 heavy (non-hydrogen) atoms. The Labute approximate surface area is 178 Å². The van der Waals surface area contributed by atoms with Gasteiger partial charge in [-0.05, 0) is 31.5 Å². The van der Waals surface area contributed by atoms with Crippen LogP contribution >= 0.6 is 11.3 Å². The van der Waals surface area contributed by atoms with Crippen molar-refractivity contribution in [2.24, 2.45) is 0 Å². The van der Waals surface area contributed by atoms with Gasteiger partial charge < -0.3 is 14.8 Å². The van der Waals surface area contributed by atoms with E-state index in [2.05, 4.69) is 15.2 Å². The lowest BCUT2D eigenvalue weighted by molar-refractivity contribution is -0.130. The van der Waals surface area contributed by atoms with E-state index >= 15 is 0 Å². The van der Waals surface area contributed by atoms with Crippen molar-refractivity contribution in [1.29, 1.82) is 0 Å². The van der Waals surface area contributed by atoms with Crippen LogP contribution < -0.4 is 5.32 Å². The molecule has 2 fully saturated rings. The van der Waals surface area contributed by atoms with Crippen LogP contribution in [0.1, 0.15) is 27.6 Å². The maximum atomic E-state index is 13.3. The standard InChI is InChI=1S/C21H25F2N3O3S/c1-13-19(30-14(2)25-13)10-26-3-4-29-21(11-26)8-18(28-12-21)20(27)24-9-15-5-16(22)7-17(23)6-15/h5-7,18H,3-4,8-12H2,1-2H3,(H,24,27)/t18-,21-/m1/s1. The Morgan fingerprint density at radius 2 is 2.10 bits per heavy atom. The summed E-state index contributed by atoms with van der Waals surface area (Å²) in [5, 5.41) is 3.77. The number of morpholine rings is 1. The van der Waals surface area contributed by atoms with Gasteiger partial charge in [-0.2, -0.15) is 0 Å². The number of ether oxygens (including phenoxy) is 2. The number of carbonyl (C=O) groups is 1. The van der Waals surface area contributed by atoms with Crippen molar-refractivity contribution in [1.82, 2.24) is 15.2 Å². The van der Waals surface area contributed by atoms with Crippen LogP contribution in [-0.4, -0.2) is 53.8 Å². The number of benzene rings is 1. The van der Waals surface area contributed by atoms with Crippen LogP contribution in [0.5, 0.6) is 0 Å². The molecular weight excluding hydrogens is 412 g/mol. The van der Waals surface area contributed by atoms with E-state index in [4.69, 9.17) is 9.47 Å². The third-order valence-corrected chi connectivity index (χ3v) is 6.54. The second-order valence-corrected chi connectivity index (χ2v) is 9.27. The predicted octanol–water partition coefficient (Wildman–Crippen LogP) is 2.71. The van der Waals surface area contributed by atoms with Crippen LogP contribution in [0.25, 0.3) is 0 Å². The van der Waals surface area contributed by atoms with E-state index in [9.17, 15) is 13.6 Å². The summed E-state index contributed by atoms with van der Waals surface area (Å²) >= 11 is 1.71. The maximum Gasteiger partial charge on any atom is 0.249 e. The highest BCUT2D eigenvalue weighted by Gasteiger charge is 2.46. The van der Waals surface area contributed by atoms with E-state index in [1.54, 1.807) is 11.3 Å². The number of aromatic nitrogens is 1. The quantitative estimate of drug-likeness (QED) is 0.779. The van der Waals surface area contributed by atoms with Gasteiger partial charge in [-0.3, -0.25) is 9.69 Å². The summed E-state index contributed by atoms with van der Waals surface area (Å²) in [7, 11) is 0. The number of hydrogen-bond acceptors (Lipinski definition) is 6. The molecule has 0 bridgehead atoms. The Kier molecular flexibility index (Phi) is 6.15. The Balaban J connectivity index is 1.33. The lowest BCUT2D eigenvalue weighted by Crippen LogP contribution is -2.52. The van der Waals surface area contributed by atoms with Gasteiger partial charge in [0.1, 0.15) is 23.3 Å². The van der Waals surface area contributed by atoms with E-state index in [1.807, 2.05) is 13.8 Å². The molecule has 3 heterocycles. The van der Waals surface area contributed by atoms with Crippen LogP contribution in [0, 0.1) is 25.5 Å². The van der Waals surface area contributed by atoms with Gasteiger partial charge in [0, 0.05) is 43.5 Å². The first kappa shape index (κ1) is 21.3. The summed E-state index contributed by atoms with van der Waals surface area (Å²) < 4.78 is 38.4. The Morgan fingerprint density at radius 1 is 1.33 bits per heavy atom. The molecule has 9 heteroatoms. The minimum atomic E-state index is -0.669. The zero-order valence-corrected chi connectivity index (χ0v) is 17.9. The van der Waals surface area contributed by atoms with Crippen molar-refractivity contribution in [3.63, 3.8) is 0 Å². The lowest BCUT2D eigenvalue weighted by Gasteiger charge is -2.39. The lowest BCUT2D eigenvalue weighted by atomic mass is 9.97. The second kappa shape index (κ2) is 8.66. The van der Waals surface area contributed by atoms with Crippen molar-refractivity contribution in [2.75, 3.05) is 26.3 Å². The fourth-order valence-corrected chi connectivity index (χ4v) is 5.06. The summed E-state index contributed by atoms with van der Waals surface area (Å²) in [5.41, 5.74) is 0.911. The van der Waals surface area contributed by atoms with Gasteiger partial charge >= 0.3 is 0 Å². The number of nitrogens with one attached hydrogen (secondary N) is 1. The van der Waals surface area contributed by atoms with Crippen LogP contribution in [0.4, 0.5) is 8.78 Å². The van der Waals surface area contributed by atoms with Gasteiger partial charge in [0.05, 0.1) is 23.9 Å². The van der Waals surface area contributed by atoms with E-state index in [1.165, 1.54) is 17.0 Å². The first-order chi connectivity index (χ1) is 14.3. The fourth-order valence-electron chi connectivity index (χ4n) is 4.09. The number of carbonyl (C=O) groups excluding carboxylic acids is 1. The molecule has 4 rings (SSSR count). The Morgan fingerprint density at radius 3 is 2.80 bits per heavy atom. The molecule has 162 valence electrons. The third-order valence-electron chi connectivity index (χ3n) is 5.48. The molecule has 2 aromatic rings. The highest BCUT2D eigenvalue weighted by molar-refractivity contribution is 7.11. The van der Waals surface area contributed by atoms with E-state index in [0.717, 1.165) is 29.9 Å². The van der Waals surface area contributed by atoms with Crippen molar-refractivity contribution in [3.05, 3.63) is 51.0 Å². The van der Waals surface area contributed by atoms with Crippen molar-refractivity contribution in [3.8, 4) is 0 Å². The molecule has 0 radical (unpaired) electrons. The minimum absolute atomic E-state index is 0.0390. The normalized spacial score (nSPS) is 24.5. The van der Waals surface area contributed by atoms with Crippen LogP contribution in [0.15, 0.2) is 18.2 Å². The number of aryl methyl sites for hydroxylation is 2. The zero-order chi connectivity index (χ0) is 21.3. The fraction of sp³-hybridized carbons (Fsp3) is 0.524.